The van der Waals surface area contributed by atoms with Crippen molar-refractivity contribution in [1.82, 2.24) is 5.32 Å². The van der Waals surface area contributed by atoms with E-state index in [1.165, 1.54) is 7.11 Å². The summed E-state index contributed by atoms with van der Waals surface area (Å²) in [6.45, 7) is 2.86. The number of carbonyl (C=O) groups excluding carboxylic acids is 1. The zero-order chi connectivity index (χ0) is 12.4. The van der Waals surface area contributed by atoms with Crippen LogP contribution in [0.2, 0.25) is 0 Å². The fraction of sp³-hybridized carbons (Fsp3) is 0.462. The van der Waals surface area contributed by atoms with E-state index in [1.807, 2.05) is 13.0 Å². The van der Waals surface area contributed by atoms with Crippen LogP contribution in [0.15, 0.2) is 12.1 Å². The lowest BCUT2D eigenvalue weighted by atomic mass is 9.98. The third kappa shape index (κ3) is 2.26. The molecule has 1 aliphatic heterocycles. The Morgan fingerprint density at radius 3 is 2.88 bits per heavy atom. The van der Waals surface area contributed by atoms with E-state index in [0.29, 0.717) is 0 Å². The maximum atomic E-state index is 11.6. The molecule has 92 valence electrons. The number of hydrogen-bond donors (Lipinski definition) is 2. The van der Waals surface area contributed by atoms with Gasteiger partial charge < -0.3 is 15.2 Å². The van der Waals surface area contributed by atoms with Gasteiger partial charge in [0.1, 0.15) is 11.3 Å². The topological polar surface area (TPSA) is 58.6 Å². The second kappa shape index (κ2) is 4.75. The van der Waals surface area contributed by atoms with E-state index in [1.54, 1.807) is 6.07 Å². The van der Waals surface area contributed by atoms with Crippen LogP contribution in [-0.4, -0.2) is 24.7 Å². The van der Waals surface area contributed by atoms with E-state index in [0.717, 1.165) is 30.5 Å². The Kier molecular flexibility index (Phi) is 3.33. The Morgan fingerprint density at radius 1 is 1.53 bits per heavy atom. The first-order chi connectivity index (χ1) is 8.13. The summed E-state index contributed by atoms with van der Waals surface area (Å²) in [4.78, 5) is 11.6. The van der Waals surface area contributed by atoms with Gasteiger partial charge in [0.25, 0.3) is 0 Å². The third-order valence-corrected chi connectivity index (χ3v) is 3.12. The minimum absolute atomic E-state index is 0.0434. The molecular weight excluding hydrogens is 218 g/mol. The molecule has 0 aliphatic carbocycles. The first kappa shape index (κ1) is 11.9. The van der Waals surface area contributed by atoms with Gasteiger partial charge in [-0.05, 0) is 37.9 Å². The Labute approximate surface area is 101 Å². The summed E-state index contributed by atoms with van der Waals surface area (Å²) in [6.07, 6.45) is 2.07. The maximum absolute atomic E-state index is 11.6. The van der Waals surface area contributed by atoms with Gasteiger partial charge >= 0.3 is 5.97 Å². The van der Waals surface area contributed by atoms with Gasteiger partial charge in [-0.3, -0.25) is 0 Å². The predicted octanol–water partition coefficient (Wildman–Crippen LogP) is 1.91. The third-order valence-electron chi connectivity index (χ3n) is 3.12. The molecule has 1 aromatic rings. The smallest absolute Gasteiger partial charge is 0.341 e. The number of esters is 1. The molecule has 1 fully saturated rings. The molecule has 1 atom stereocenters. The number of nitrogens with one attached hydrogen (secondary N) is 1. The molecule has 17 heavy (non-hydrogen) atoms. The van der Waals surface area contributed by atoms with Crippen molar-refractivity contribution in [1.29, 1.82) is 0 Å². The van der Waals surface area contributed by atoms with E-state index >= 15 is 0 Å². The molecule has 4 nitrogen and oxygen atoms in total. The Bertz CT molecular complexity index is 437. The summed E-state index contributed by atoms with van der Waals surface area (Å²) < 4.78 is 4.67. The second-order valence-electron chi connectivity index (χ2n) is 4.39. The van der Waals surface area contributed by atoms with Crippen molar-refractivity contribution in [3.8, 4) is 5.75 Å². The highest BCUT2D eigenvalue weighted by atomic mass is 16.5. The Morgan fingerprint density at radius 2 is 2.29 bits per heavy atom. The summed E-state index contributed by atoms with van der Waals surface area (Å²) in [7, 11) is 1.32. The number of aryl methyl sites for hydroxylation is 1. The highest BCUT2D eigenvalue weighted by Gasteiger charge is 2.23. The normalized spacial score (nSPS) is 19.3. The Balaban J connectivity index is 2.45. The molecule has 0 saturated carbocycles. The number of ether oxygens (including phenoxy) is 1. The van der Waals surface area contributed by atoms with Crippen molar-refractivity contribution < 1.29 is 14.6 Å². The number of phenols is 1. The van der Waals surface area contributed by atoms with Gasteiger partial charge in [-0.2, -0.15) is 0 Å². The van der Waals surface area contributed by atoms with E-state index in [2.05, 4.69) is 10.1 Å². The zero-order valence-corrected chi connectivity index (χ0v) is 10.1. The molecule has 0 aromatic heterocycles. The van der Waals surface area contributed by atoms with Crippen LogP contribution in [0.3, 0.4) is 0 Å². The van der Waals surface area contributed by atoms with Gasteiger partial charge in [0, 0.05) is 11.6 Å². The van der Waals surface area contributed by atoms with Crippen LogP contribution in [0.1, 0.15) is 40.4 Å². The van der Waals surface area contributed by atoms with Crippen LogP contribution in [-0.2, 0) is 4.74 Å². The molecular formula is C13H17NO3. The predicted molar refractivity (Wildman–Crippen MR) is 64.2 cm³/mol. The number of benzene rings is 1. The van der Waals surface area contributed by atoms with Crippen molar-refractivity contribution in [3.63, 3.8) is 0 Å². The van der Waals surface area contributed by atoms with Crippen LogP contribution in [0, 0.1) is 6.92 Å². The van der Waals surface area contributed by atoms with E-state index in [4.69, 9.17) is 0 Å². The average molecular weight is 235 g/mol. The Hall–Kier alpha value is -1.55. The molecule has 1 aliphatic rings. The van der Waals surface area contributed by atoms with Gasteiger partial charge in [-0.15, -0.1) is 0 Å². The van der Waals surface area contributed by atoms with Crippen molar-refractivity contribution in [2.45, 2.75) is 25.8 Å². The fourth-order valence-electron chi connectivity index (χ4n) is 2.29. The van der Waals surface area contributed by atoms with Crippen LogP contribution < -0.4 is 5.32 Å². The van der Waals surface area contributed by atoms with Gasteiger partial charge in [0.05, 0.1) is 7.11 Å². The second-order valence-corrected chi connectivity index (χ2v) is 4.39. The quantitative estimate of drug-likeness (QED) is 0.769. The summed E-state index contributed by atoms with van der Waals surface area (Å²) in [5.74, 6) is -0.452. The lowest BCUT2D eigenvalue weighted by molar-refractivity contribution is 0.0597. The maximum Gasteiger partial charge on any atom is 0.341 e. The van der Waals surface area contributed by atoms with Gasteiger partial charge in [-0.25, -0.2) is 4.79 Å². The highest BCUT2D eigenvalue weighted by molar-refractivity contribution is 5.93. The van der Waals surface area contributed by atoms with Gasteiger partial charge in [0.2, 0.25) is 0 Å². The average Bonchev–Trinajstić information content (AvgIpc) is 2.84. The minimum Gasteiger partial charge on any atom is -0.507 e. The van der Waals surface area contributed by atoms with Crippen molar-refractivity contribution >= 4 is 5.97 Å². The number of rotatable bonds is 2. The number of carbonyl (C=O) groups is 1. The molecule has 0 radical (unpaired) electrons. The van der Waals surface area contributed by atoms with Crippen LogP contribution in [0.5, 0.6) is 5.75 Å². The molecule has 4 heteroatoms. The van der Waals surface area contributed by atoms with Crippen LogP contribution >= 0.6 is 0 Å². The molecule has 2 N–H and O–H groups in total. The molecule has 1 aromatic carbocycles. The molecule has 0 bridgehead atoms. The molecule has 0 amide bonds. The number of hydrogen-bond acceptors (Lipinski definition) is 4. The first-order valence-electron chi connectivity index (χ1n) is 5.78. The lowest BCUT2D eigenvalue weighted by Gasteiger charge is -2.15. The van der Waals surface area contributed by atoms with E-state index < -0.39 is 5.97 Å². The molecule has 1 saturated heterocycles. The number of phenolic OH excluding ortho intramolecular Hbond substituents is 1. The van der Waals surface area contributed by atoms with Crippen LogP contribution in [0.4, 0.5) is 0 Å². The summed E-state index contributed by atoms with van der Waals surface area (Å²) in [5, 5.41) is 13.4. The minimum atomic E-state index is -0.495. The van der Waals surface area contributed by atoms with Crippen molar-refractivity contribution in [3.05, 3.63) is 28.8 Å². The molecule has 0 unspecified atom stereocenters. The monoisotopic (exact) mass is 235 g/mol. The molecule has 0 spiro atoms. The SMILES string of the molecule is COC(=O)c1cc(C)cc([C@H]2CCCN2)c1O. The zero-order valence-electron chi connectivity index (χ0n) is 10.1. The highest BCUT2D eigenvalue weighted by Crippen LogP contribution is 2.34. The van der Waals surface area contributed by atoms with Crippen molar-refractivity contribution in [2.75, 3.05) is 13.7 Å². The van der Waals surface area contributed by atoms with Gasteiger partial charge in [0.15, 0.2) is 0 Å². The van der Waals surface area contributed by atoms with E-state index in [-0.39, 0.29) is 17.4 Å². The number of methoxy groups -OCH3 is 1. The lowest BCUT2D eigenvalue weighted by Crippen LogP contribution is -2.14. The number of aromatic hydroxyl groups is 1. The first-order valence-corrected chi connectivity index (χ1v) is 5.78. The van der Waals surface area contributed by atoms with Crippen molar-refractivity contribution in [2.24, 2.45) is 0 Å². The molecule has 1 heterocycles. The van der Waals surface area contributed by atoms with E-state index in [9.17, 15) is 9.90 Å². The summed E-state index contributed by atoms with van der Waals surface area (Å²) in [6, 6.07) is 3.71. The standard InChI is InChI=1S/C13H17NO3/c1-8-6-9(11-4-3-5-14-11)12(15)10(7-8)13(16)17-2/h6-7,11,14-15H,3-5H2,1-2H3/t11-/m1/s1. The summed E-state index contributed by atoms with van der Waals surface area (Å²) >= 11 is 0. The summed E-state index contributed by atoms with van der Waals surface area (Å²) in [5.41, 5.74) is 1.99. The molecule has 2 rings (SSSR count). The largest absolute Gasteiger partial charge is 0.507 e. The van der Waals surface area contributed by atoms with Gasteiger partial charge in [-0.1, -0.05) is 6.07 Å². The van der Waals surface area contributed by atoms with Crippen LogP contribution in [0.25, 0.3) is 0 Å². The fourth-order valence-corrected chi connectivity index (χ4v) is 2.29.